The minimum Gasteiger partial charge on any atom is -0.494 e. The molecule has 0 fully saturated rings. The van der Waals surface area contributed by atoms with E-state index in [0.717, 1.165) is 5.75 Å². The fourth-order valence-electron chi connectivity index (χ4n) is 2.89. The molecule has 1 heterocycles. The molecule has 0 radical (unpaired) electrons. The Kier molecular flexibility index (Phi) is 7.69. The molecule has 0 saturated carbocycles. The number of nitrogens with one attached hydrogen (secondary N) is 1. The number of esters is 2. The first-order valence-corrected chi connectivity index (χ1v) is 10.0. The normalized spacial score (nSPS) is 10.3. The van der Waals surface area contributed by atoms with Crippen molar-refractivity contribution >= 4 is 23.5 Å². The van der Waals surface area contributed by atoms with E-state index in [9.17, 15) is 14.4 Å². The van der Waals surface area contributed by atoms with Crippen LogP contribution in [0.1, 0.15) is 44.0 Å². The van der Waals surface area contributed by atoms with Crippen LogP contribution >= 0.6 is 0 Å². The summed E-state index contributed by atoms with van der Waals surface area (Å²) in [6.45, 7) is 2.60. The van der Waals surface area contributed by atoms with E-state index in [1.54, 1.807) is 30.3 Å². The van der Waals surface area contributed by atoms with E-state index in [4.69, 9.17) is 23.4 Å². The third-order valence-electron chi connectivity index (χ3n) is 4.43. The van der Waals surface area contributed by atoms with Crippen LogP contribution in [-0.4, -0.2) is 38.7 Å². The van der Waals surface area contributed by atoms with Crippen LogP contribution < -0.4 is 14.8 Å². The van der Waals surface area contributed by atoms with Crippen LogP contribution in [-0.2, 0) is 16.1 Å². The molecule has 2 aromatic carbocycles. The van der Waals surface area contributed by atoms with E-state index in [1.165, 1.54) is 38.5 Å². The van der Waals surface area contributed by atoms with Gasteiger partial charge in [-0.05, 0) is 61.5 Å². The Labute approximate surface area is 190 Å². The summed E-state index contributed by atoms with van der Waals surface area (Å²) >= 11 is 0. The zero-order valence-electron chi connectivity index (χ0n) is 18.4. The number of amides is 1. The van der Waals surface area contributed by atoms with Crippen molar-refractivity contribution in [3.05, 3.63) is 77.2 Å². The van der Waals surface area contributed by atoms with E-state index in [1.807, 2.05) is 6.92 Å². The van der Waals surface area contributed by atoms with Gasteiger partial charge in [-0.25, -0.2) is 9.59 Å². The number of furan rings is 1. The number of ether oxygens (including phenoxy) is 4. The molecule has 1 amide bonds. The van der Waals surface area contributed by atoms with Gasteiger partial charge in [-0.1, -0.05) is 0 Å². The Bertz CT molecular complexity index is 1100. The van der Waals surface area contributed by atoms with Gasteiger partial charge in [-0.3, -0.25) is 4.79 Å². The van der Waals surface area contributed by atoms with E-state index < -0.39 is 17.8 Å². The van der Waals surface area contributed by atoms with Crippen LogP contribution in [0, 0.1) is 0 Å². The van der Waals surface area contributed by atoms with Gasteiger partial charge in [0.15, 0.2) is 5.76 Å². The number of carbonyl (C=O) groups is 3. The van der Waals surface area contributed by atoms with Gasteiger partial charge in [-0.15, -0.1) is 0 Å². The summed E-state index contributed by atoms with van der Waals surface area (Å²) < 4.78 is 26.0. The Balaban J connectivity index is 1.67. The fourth-order valence-corrected chi connectivity index (χ4v) is 2.89. The smallest absolute Gasteiger partial charge is 0.337 e. The third-order valence-corrected chi connectivity index (χ3v) is 4.43. The molecule has 1 N–H and O–H groups in total. The molecule has 9 nitrogen and oxygen atoms in total. The highest BCUT2D eigenvalue weighted by molar-refractivity contribution is 6.04. The molecule has 0 aliphatic heterocycles. The molecule has 33 heavy (non-hydrogen) atoms. The lowest BCUT2D eigenvalue weighted by Crippen LogP contribution is -2.13. The second-order valence-corrected chi connectivity index (χ2v) is 6.70. The average molecular weight is 453 g/mol. The maximum Gasteiger partial charge on any atom is 0.337 e. The van der Waals surface area contributed by atoms with E-state index in [2.05, 4.69) is 5.32 Å². The highest BCUT2D eigenvalue weighted by atomic mass is 16.5. The molecule has 0 spiro atoms. The number of hydrogen-bond acceptors (Lipinski definition) is 8. The lowest BCUT2D eigenvalue weighted by Gasteiger charge is -2.09. The quantitative estimate of drug-likeness (QED) is 0.482. The van der Waals surface area contributed by atoms with Gasteiger partial charge in [0.2, 0.25) is 0 Å². The molecule has 0 bridgehead atoms. The predicted molar refractivity (Wildman–Crippen MR) is 118 cm³/mol. The van der Waals surface area contributed by atoms with Gasteiger partial charge >= 0.3 is 11.9 Å². The van der Waals surface area contributed by atoms with Crippen LogP contribution in [0.4, 0.5) is 5.69 Å². The molecule has 3 aromatic rings. The topological polar surface area (TPSA) is 113 Å². The maximum atomic E-state index is 12.6. The highest BCUT2D eigenvalue weighted by Crippen LogP contribution is 2.21. The van der Waals surface area contributed by atoms with Gasteiger partial charge in [0.05, 0.1) is 32.0 Å². The van der Waals surface area contributed by atoms with Gasteiger partial charge in [0.1, 0.15) is 23.9 Å². The van der Waals surface area contributed by atoms with E-state index >= 15 is 0 Å². The monoisotopic (exact) mass is 453 g/mol. The van der Waals surface area contributed by atoms with Gasteiger partial charge in [0.25, 0.3) is 5.91 Å². The van der Waals surface area contributed by atoms with Crippen LogP contribution in [0.5, 0.6) is 11.5 Å². The van der Waals surface area contributed by atoms with E-state index in [0.29, 0.717) is 18.1 Å². The Hall–Kier alpha value is -4.27. The lowest BCUT2D eigenvalue weighted by molar-refractivity contribution is 0.0599. The summed E-state index contributed by atoms with van der Waals surface area (Å²) in [7, 11) is 2.43. The standard InChI is InChI=1S/C24H23NO8/c1-4-31-18-5-7-19(8-6-18)32-14-20-9-10-21(33-20)22(26)25-17-12-15(23(27)29-2)11-16(13-17)24(28)30-3/h5-13H,4,14H2,1-3H3,(H,25,26). The molecule has 0 aliphatic carbocycles. The summed E-state index contributed by atoms with van der Waals surface area (Å²) in [4.78, 5) is 36.4. The maximum absolute atomic E-state index is 12.6. The van der Waals surface area contributed by atoms with Crippen LogP contribution in [0.2, 0.25) is 0 Å². The number of rotatable bonds is 9. The zero-order chi connectivity index (χ0) is 23.8. The van der Waals surface area contributed by atoms with Gasteiger partial charge in [-0.2, -0.15) is 0 Å². The lowest BCUT2D eigenvalue weighted by atomic mass is 10.1. The second-order valence-electron chi connectivity index (χ2n) is 6.70. The SMILES string of the molecule is CCOc1ccc(OCc2ccc(C(=O)Nc3cc(C(=O)OC)cc(C(=O)OC)c3)o2)cc1. The Morgan fingerprint density at radius 1 is 0.818 bits per heavy atom. The van der Waals surface area contributed by atoms with Crippen LogP contribution in [0.15, 0.2) is 59.0 Å². The summed E-state index contributed by atoms with van der Waals surface area (Å²) in [6, 6.07) is 14.3. The molecule has 0 atom stereocenters. The minimum absolute atomic E-state index is 0.0309. The zero-order valence-corrected chi connectivity index (χ0v) is 18.4. The summed E-state index contributed by atoms with van der Waals surface area (Å²) in [5.41, 5.74) is 0.367. The van der Waals surface area contributed by atoms with Crippen LogP contribution in [0.3, 0.4) is 0 Å². The van der Waals surface area contributed by atoms with Crippen molar-refractivity contribution in [2.45, 2.75) is 13.5 Å². The van der Waals surface area contributed by atoms with Crippen molar-refractivity contribution in [3.63, 3.8) is 0 Å². The predicted octanol–water partition coefficient (Wildman–Crippen LogP) is 4.08. The molecule has 0 unspecified atom stereocenters. The average Bonchev–Trinajstić information content (AvgIpc) is 3.32. The highest BCUT2D eigenvalue weighted by Gasteiger charge is 2.17. The van der Waals surface area contributed by atoms with Crippen molar-refractivity contribution < 1.29 is 37.7 Å². The summed E-state index contributed by atoms with van der Waals surface area (Å²) in [5.74, 6) is -0.0636. The van der Waals surface area contributed by atoms with Crippen molar-refractivity contribution in [2.75, 3.05) is 26.1 Å². The first kappa shape index (κ1) is 23.4. The molecule has 9 heteroatoms. The first-order chi connectivity index (χ1) is 15.9. The number of methoxy groups -OCH3 is 2. The summed E-state index contributed by atoms with van der Waals surface area (Å²) in [5, 5.41) is 2.60. The number of hydrogen-bond donors (Lipinski definition) is 1. The van der Waals surface area contributed by atoms with Crippen molar-refractivity contribution in [3.8, 4) is 11.5 Å². The largest absolute Gasteiger partial charge is 0.494 e. The third kappa shape index (κ3) is 6.13. The number of carbonyl (C=O) groups excluding carboxylic acids is 3. The molecule has 0 saturated heterocycles. The molecular formula is C24H23NO8. The number of benzene rings is 2. The first-order valence-electron chi connectivity index (χ1n) is 10.0. The van der Waals surface area contributed by atoms with Crippen molar-refractivity contribution in [2.24, 2.45) is 0 Å². The Morgan fingerprint density at radius 3 is 1.94 bits per heavy atom. The minimum atomic E-state index is -0.664. The van der Waals surface area contributed by atoms with E-state index in [-0.39, 0.29) is 29.2 Å². The van der Waals surface area contributed by atoms with Crippen molar-refractivity contribution in [1.29, 1.82) is 0 Å². The van der Waals surface area contributed by atoms with Gasteiger partial charge in [0, 0.05) is 5.69 Å². The molecule has 172 valence electrons. The van der Waals surface area contributed by atoms with Crippen LogP contribution in [0.25, 0.3) is 0 Å². The summed E-state index contributed by atoms with van der Waals surface area (Å²) in [6.07, 6.45) is 0. The Morgan fingerprint density at radius 2 is 1.39 bits per heavy atom. The second kappa shape index (κ2) is 10.9. The number of anilines is 1. The van der Waals surface area contributed by atoms with Gasteiger partial charge < -0.3 is 28.7 Å². The molecule has 0 aliphatic rings. The van der Waals surface area contributed by atoms with Crippen molar-refractivity contribution in [1.82, 2.24) is 0 Å². The molecular weight excluding hydrogens is 430 g/mol. The molecule has 3 rings (SSSR count). The molecule has 1 aromatic heterocycles. The fraction of sp³-hybridized carbons (Fsp3) is 0.208.